The Bertz CT molecular complexity index is 422. The molecule has 0 saturated carbocycles. The Morgan fingerprint density at radius 3 is 2.80 bits per heavy atom. The average Bonchev–Trinajstić information content (AvgIpc) is 2.64. The molecule has 1 N–H and O–H groups in total. The van der Waals surface area contributed by atoms with Gasteiger partial charge in [0.2, 0.25) is 0 Å². The van der Waals surface area contributed by atoms with Crippen LogP contribution in [0.2, 0.25) is 0 Å². The predicted octanol–water partition coefficient (Wildman–Crippen LogP) is 3.09. The molecule has 1 heterocycles. The SMILES string of the molecule is CCCNCc1ccc(N2CCCN(C)CC2)c(Br)c1. The highest BCUT2D eigenvalue weighted by Crippen LogP contribution is 2.28. The molecule has 1 fully saturated rings. The van der Waals surface area contributed by atoms with E-state index in [1.54, 1.807) is 0 Å². The van der Waals surface area contributed by atoms with Crippen LogP contribution in [-0.4, -0.2) is 44.7 Å². The van der Waals surface area contributed by atoms with E-state index in [2.05, 4.69) is 63.2 Å². The molecule has 0 aromatic heterocycles. The molecule has 1 aliphatic rings. The van der Waals surface area contributed by atoms with E-state index in [4.69, 9.17) is 0 Å². The highest BCUT2D eigenvalue weighted by molar-refractivity contribution is 9.10. The molecule has 2 rings (SSSR count). The number of benzene rings is 1. The van der Waals surface area contributed by atoms with E-state index >= 15 is 0 Å². The van der Waals surface area contributed by atoms with Gasteiger partial charge in [-0.1, -0.05) is 13.0 Å². The summed E-state index contributed by atoms with van der Waals surface area (Å²) in [5.74, 6) is 0. The van der Waals surface area contributed by atoms with E-state index in [9.17, 15) is 0 Å². The minimum Gasteiger partial charge on any atom is -0.369 e. The molecular formula is C16H26BrN3. The molecule has 4 heteroatoms. The van der Waals surface area contributed by atoms with Gasteiger partial charge in [0.25, 0.3) is 0 Å². The van der Waals surface area contributed by atoms with Gasteiger partial charge >= 0.3 is 0 Å². The van der Waals surface area contributed by atoms with E-state index in [1.165, 1.54) is 35.1 Å². The molecule has 20 heavy (non-hydrogen) atoms. The van der Waals surface area contributed by atoms with Gasteiger partial charge in [0, 0.05) is 30.7 Å². The maximum Gasteiger partial charge on any atom is 0.0511 e. The fourth-order valence-corrected chi connectivity index (χ4v) is 3.29. The number of halogens is 1. The molecule has 1 aromatic rings. The zero-order valence-electron chi connectivity index (χ0n) is 12.7. The summed E-state index contributed by atoms with van der Waals surface area (Å²) in [6.45, 7) is 8.84. The minimum absolute atomic E-state index is 0.954. The number of hydrogen-bond donors (Lipinski definition) is 1. The quantitative estimate of drug-likeness (QED) is 0.831. The lowest BCUT2D eigenvalue weighted by Gasteiger charge is -2.24. The third kappa shape index (κ3) is 4.47. The molecule has 1 saturated heterocycles. The summed E-state index contributed by atoms with van der Waals surface area (Å²) in [5.41, 5.74) is 2.68. The van der Waals surface area contributed by atoms with Crippen molar-refractivity contribution in [2.75, 3.05) is 44.7 Å². The van der Waals surface area contributed by atoms with Crippen LogP contribution in [-0.2, 0) is 6.54 Å². The van der Waals surface area contributed by atoms with Crippen molar-refractivity contribution in [2.24, 2.45) is 0 Å². The number of likely N-dealkylation sites (N-methyl/N-ethyl adjacent to an activating group) is 1. The molecule has 1 aliphatic heterocycles. The monoisotopic (exact) mass is 339 g/mol. The van der Waals surface area contributed by atoms with Gasteiger partial charge in [0.15, 0.2) is 0 Å². The standard InChI is InChI=1S/C16H26BrN3/c1-3-7-18-13-14-5-6-16(15(17)12-14)20-9-4-8-19(2)10-11-20/h5-6,12,18H,3-4,7-11,13H2,1-2H3. The van der Waals surface area contributed by atoms with Gasteiger partial charge in [0.1, 0.15) is 0 Å². The molecule has 0 atom stereocenters. The highest BCUT2D eigenvalue weighted by Gasteiger charge is 2.14. The summed E-state index contributed by atoms with van der Waals surface area (Å²) in [6.07, 6.45) is 2.42. The Morgan fingerprint density at radius 1 is 1.20 bits per heavy atom. The van der Waals surface area contributed by atoms with Crippen LogP contribution < -0.4 is 10.2 Å². The van der Waals surface area contributed by atoms with Gasteiger partial charge in [-0.2, -0.15) is 0 Å². The first-order chi connectivity index (χ1) is 9.70. The maximum atomic E-state index is 3.75. The van der Waals surface area contributed by atoms with Crippen LogP contribution in [0.4, 0.5) is 5.69 Å². The normalized spacial score (nSPS) is 17.2. The molecule has 0 spiro atoms. The van der Waals surface area contributed by atoms with Gasteiger partial charge in [-0.3, -0.25) is 0 Å². The fraction of sp³-hybridized carbons (Fsp3) is 0.625. The van der Waals surface area contributed by atoms with Crippen molar-refractivity contribution in [3.63, 3.8) is 0 Å². The van der Waals surface area contributed by atoms with Crippen molar-refractivity contribution < 1.29 is 0 Å². The lowest BCUT2D eigenvalue weighted by molar-refractivity contribution is 0.360. The molecule has 0 aliphatic carbocycles. The average molecular weight is 340 g/mol. The second-order valence-electron chi connectivity index (χ2n) is 5.61. The molecule has 0 amide bonds. The second kappa shape index (κ2) is 8.01. The first kappa shape index (κ1) is 15.8. The summed E-state index contributed by atoms with van der Waals surface area (Å²) in [4.78, 5) is 4.91. The topological polar surface area (TPSA) is 18.5 Å². The number of nitrogens with zero attached hydrogens (tertiary/aromatic N) is 2. The first-order valence-corrected chi connectivity index (χ1v) is 8.42. The van der Waals surface area contributed by atoms with Crippen molar-refractivity contribution in [3.05, 3.63) is 28.2 Å². The van der Waals surface area contributed by atoms with Crippen LogP contribution in [0.5, 0.6) is 0 Å². The van der Waals surface area contributed by atoms with Crippen molar-refractivity contribution in [2.45, 2.75) is 26.3 Å². The number of hydrogen-bond acceptors (Lipinski definition) is 3. The molecule has 0 radical (unpaired) electrons. The van der Waals surface area contributed by atoms with Gasteiger partial charge < -0.3 is 15.1 Å². The van der Waals surface area contributed by atoms with Crippen molar-refractivity contribution in [3.8, 4) is 0 Å². The highest BCUT2D eigenvalue weighted by atomic mass is 79.9. The summed E-state index contributed by atoms with van der Waals surface area (Å²) >= 11 is 3.75. The lowest BCUT2D eigenvalue weighted by Crippen LogP contribution is -2.29. The zero-order valence-corrected chi connectivity index (χ0v) is 14.2. The fourth-order valence-electron chi connectivity index (χ4n) is 2.61. The first-order valence-electron chi connectivity index (χ1n) is 7.63. The molecule has 112 valence electrons. The van der Waals surface area contributed by atoms with Crippen LogP contribution in [0.25, 0.3) is 0 Å². The summed E-state index contributed by atoms with van der Waals surface area (Å²) in [6, 6.07) is 6.77. The van der Waals surface area contributed by atoms with Crippen LogP contribution in [0.3, 0.4) is 0 Å². The number of nitrogens with one attached hydrogen (secondary N) is 1. The van der Waals surface area contributed by atoms with Crippen LogP contribution >= 0.6 is 15.9 Å². The smallest absolute Gasteiger partial charge is 0.0511 e. The lowest BCUT2D eigenvalue weighted by atomic mass is 10.2. The van der Waals surface area contributed by atoms with E-state index in [1.807, 2.05) is 0 Å². The second-order valence-corrected chi connectivity index (χ2v) is 6.46. The van der Waals surface area contributed by atoms with Crippen molar-refractivity contribution in [1.82, 2.24) is 10.2 Å². The Labute approximate surface area is 131 Å². The third-order valence-electron chi connectivity index (χ3n) is 3.83. The Hall–Kier alpha value is -0.580. The third-order valence-corrected chi connectivity index (χ3v) is 4.46. The Kier molecular flexibility index (Phi) is 6.33. The largest absolute Gasteiger partial charge is 0.369 e. The molecular weight excluding hydrogens is 314 g/mol. The van der Waals surface area contributed by atoms with Crippen molar-refractivity contribution >= 4 is 21.6 Å². The van der Waals surface area contributed by atoms with E-state index < -0.39 is 0 Å². The van der Waals surface area contributed by atoms with Gasteiger partial charge in [-0.25, -0.2) is 0 Å². The summed E-state index contributed by atoms with van der Waals surface area (Å²) in [5, 5.41) is 3.45. The van der Waals surface area contributed by atoms with E-state index in [0.717, 1.165) is 32.7 Å². The predicted molar refractivity (Wildman–Crippen MR) is 90.5 cm³/mol. The van der Waals surface area contributed by atoms with Gasteiger partial charge in [-0.15, -0.1) is 0 Å². The van der Waals surface area contributed by atoms with Crippen molar-refractivity contribution in [1.29, 1.82) is 0 Å². The molecule has 0 bridgehead atoms. The molecule has 0 unspecified atom stereocenters. The van der Waals surface area contributed by atoms with E-state index in [-0.39, 0.29) is 0 Å². The van der Waals surface area contributed by atoms with Crippen LogP contribution in [0.15, 0.2) is 22.7 Å². The summed E-state index contributed by atoms with van der Waals surface area (Å²) < 4.78 is 1.22. The zero-order chi connectivity index (χ0) is 14.4. The molecule has 1 aromatic carbocycles. The minimum atomic E-state index is 0.954. The summed E-state index contributed by atoms with van der Waals surface area (Å²) in [7, 11) is 2.21. The molecule has 3 nitrogen and oxygen atoms in total. The van der Waals surface area contributed by atoms with Gasteiger partial charge in [-0.05, 0) is 66.6 Å². The maximum absolute atomic E-state index is 3.75. The van der Waals surface area contributed by atoms with E-state index in [0.29, 0.717) is 0 Å². The number of anilines is 1. The van der Waals surface area contributed by atoms with Crippen LogP contribution in [0.1, 0.15) is 25.3 Å². The number of rotatable bonds is 5. The Morgan fingerprint density at radius 2 is 2.05 bits per heavy atom. The van der Waals surface area contributed by atoms with Crippen LogP contribution in [0, 0.1) is 0 Å². The van der Waals surface area contributed by atoms with Gasteiger partial charge in [0.05, 0.1) is 5.69 Å². The Balaban J connectivity index is 2.01.